The lowest BCUT2D eigenvalue weighted by molar-refractivity contribution is -0.143. The van der Waals surface area contributed by atoms with Crippen molar-refractivity contribution in [1.82, 2.24) is 9.72 Å². The van der Waals surface area contributed by atoms with Crippen LogP contribution in [-0.2, 0) is 4.79 Å². The van der Waals surface area contributed by atoms with Gasteiger partial charge >= 0.3 is 5.97 Å². The molecule has 1 amide bonds. The number of carboxylic acids is 1. The van der Waals surface area contributed by atoms with E-state index in [1.54, 1.807) is 24.4 Å². The van der Waals surface area contributed by atoms with Gasteiger partial charge in [-0.25, -0.2) is 0 Å². The fourth-order valence-corrected chi connectivity index (χ4v) is 3.55. The summed E-state index contributed by atoms with van der Waals surface area (Å²) < 4.78 is 6.93. The zero-order valence-corrected chi connectivity index (χ0v) is 15.6. The van der Waals surface area contributed by atoms with Crippen LogP contribution in [0, 0.1) is 5.92 Å². The predicted molar refractivity (Wildman–Crippen MR) is 104 cm³/mol. The molecule has 4 N–H and O–H groups in total. The number of aliphatic carboxylic acids is 1. The first-order valence-electron chi connectivity index (χ1n) is 9.53. The quantitative estimate of drug-likeness (QED) is 0.617. The highest BCUT2D eigenvalue weighted by Gasteiger charge is 2.32. The van der Waals surface area contributed by atoms with Crippen molar-refractivity contribution in [2.45, 2.75) is 38.1 Å². The molecule has 8 heteroatoms. The highest BCUT2D eigenvalue weighted by Crippen LogP contribution is 2.25. The summed E-state index contributed by atoms with van der Waals surface area (Å²) in [6, 6.07) is 6.17. The number of pyridine rings is 2. The van der Waals surface area contributed by atoms with E-state index >= 15 is 0 Å². The number of rotatable bonds is 7. The molecule has 2 atom stereocenters. The summed E-state index contributed by atoms with van der Waals surface area (Å²) >= 11 is 0. The molecule has 1 unspecified atom stereocenters. The fourth-order valence-electron chi connectivity index (χ4n) is 3.55. The monoisotopic (exact) mass is 387 g/mol. The van der Waals surface area contributed by atoms with E-state index in [1.165, 1.54) is 10.5 Å². The molecule has 0 saturated heterocycles. The lowest BCUT2D eigenvalue weighted by atomic mass is 9.84. The molecule has 1 aliphatic rings. The third kappa shape index (κ3) is 4.33. The Bertz CT molecular complexity index is 924. The number of aromatic nitrogens is 1. The maximum absolute atomic E-state index is 12.8. The van der Waals surface area contributed by atoms with Gasteiger partial charge in [0, 0.05) is 11.6 Å². The summed E-state index contributed by atoms with van der Waals surface area (Å²) in [4.78, 5) is 36.9. The van der Waals surface area contributed by atoms with Gasteiger partial charge in [-0.1, -0.05) is 12.8 Å². The molecule has 28 heavy (non-hydrogen) atoms. The van der Waals surface area contributed by atoms with E-state index < -0.39 is 29.4 Å². The van der Waals surface area contributed by atoms with Crippen molar-refractivity contribution in [3.8, 4) is 5.75 Å². The minimum Gasteiger partial charge on any atom is -0.492 e. The van der Waals surface area contributed by atoms with Gasteiger partial charge < -0.3 is 20.9 Å². The van der Waals surface area contributed by atoms with Crippen molar-refractivity contribution in [3.05, 3.63) is 46.4 Å². The topological polar surface area (TPSA) is 123 Å². The van der Waals surface area contributed by atoms with E-state index in [0.717, 1.165) is 12.8 Å². The zero-order valence-electron chi connectivity index (χ0n) is 15.6. The van der Waals surface area contributed by atoms with Gasteiger partial charge in [0.1, 0.15) is 11.3 Å². The molecule has 2 aromatic rings. The Hall–Kier alpha value is -2.87. The van der Waals surface area contributed by atoms with E-state index in [2.05, 4.69) is 5.32 Å². The second-order valence-corrected chi connectivity index (χ2v) is 7.01. The first kappa shape index (κ1) is 19.9. The van der Waals surface area contributed by atoms with Gasteiger partial charge in [-0.2, -0.15) is 0 Å². The maximum Gasteiger partial charge on any atom is 0.308 e. The lowest BCUT2D eigenvalue weighted by Gasteiger charge is -2.29. The number of nitrogens with zero attached hydrogens (tertiary/aromatic N) is 1. The van der Waals surface area contributed by atoms with Crippen LogP contribution in [0.15, 0.2) is 35.3 Å². The zero-order chi connectivity index (χ0) is 20.1. The minimum absolute atomic E-state index is 0.0219. The molecule has 0 bridgehead atoms. The summed E-state index contributed by atoms with van der Waals surface area (Å²) in [5, 5.41) is 12.1. The Labute approximate surface area is 162 Å². The molecule has 1 fully saturated rings. The number of nitrogens with one attached hydrogen (secondary N) is 1. The molecule has 1 saturated carbocycles. The Morgan fingerprint density at radius 1 is 1.21 bits per heavy atom. The molecule has 2 aromatic heterocycles. The van der Waals surface area contributed by atoms with Gasteiger partial charge in [0.25, 0.3) is 11.5 Å². The number of carboxylic acid groups (broad SMARTS) is 1. The van der Waals surface area contributed by atoms with Gasteiger partial charge in [0.15, 0.2) is 0 Å². The number of carbonyl (C=O) groups excluding carboxylic acids is 1. The van der Waals surface area contributed by atoms with Crippen molar-refractivity contribution >= 4 is 17.4 Å². The van der Waals surface area contributed by atoms with Crippen molar-refractivity contribution in [3.63, 3.8) is 0 Å². The molecule has 0 aliphatic heterocycles. The standard InChI is InChI=1S/C20H25N3O5/c21-10-3-11-28-14-8-6-13-7-9-16(19(25)23(13)12-14)18(24)22-17-5-2-1-4-15(17)20(26)27/h6-9,12,15,17H,1-5,10-11,21H2,(H,22,24)(H,26,27)/t15-,17?/m0/s1. The molecule has 0 spiro atoms. The van der Waals surface area contributed by atoms with Crippen LogP contribution in [0.25, 0.3) is 5.52 Å². The van der Waals surface area contributed by atoms with Crippen molar-refractivity contribution < 1.29 is 19.4 Å². The summed E-state index contributed by atoms with van der Waals surface area (Å²) in [7, 11) is 0. The third-order valence-corrected chi connectivity index (χ3v) is 5.08. The van der Waals surface area contributed by atoms with Crippen LogP contribution >= 0.6 is 0 Å². The number of hydrogen-bond acceptors (Lipinski definition) is 5. The van der Waals surface area contributed by atoms with Crippen molar-refractivity contribution in [1.29, 1.82) is 0 Å². The minimum atomic E-state index is -0.917. The van der Waals surface area contributed by atoms with Gasteiger partial charge in [0.2, 0.25) is 0 Å². The van der Waals surface area contributed by atoms with Crippen molar-refractivity contribution in [2.75, 3.05) is 13.2 Å². The van der Waals surface area contributed by atoms with Crippen LogP contribution in [0.1, 0.15) is 42.5 Å². The largest absolute Gasteiger partial charge is 0.492 e. The number of amides is 1. The second kappa shape index (κ2) is 8.88. The van der Waals surface area contributed by atoms with Crippen LogP contribution in [0.5, 0.6) is 5.75 Å². The molecule has 0 aromatic carbocycles. The van der Waals surface area contributed by atoms with Crippen LogP contribution in [-0.4, -0.2) is 40.6 Å². The van der Waals surface area contributed by atoms with Crippen LogP contribution < -0.4 is 21.3 Å². The van der Waals surface area contributed by atoms with E-state index in [1.807, 2.05) is 0 Å². The average molecular weight is 387 g/mol. The summed E-state index contributed by atoms with van der Waals surface area (Å²) in [5.74, 6) is -1.58. The van der Waals surface area contributed by atoms with Crippen LogP contribution in [0.3, 0.4) is 0 Å². The normalized spacial score (nSPS) is 19.3. The fraction of sp³-hybridized carbons (Fsp3) is 0.450. The first-order chi connectivity index (χ1) is 13.5. The van der Waals surface area contributed by atoms with E-state index in [4.69, 9.17) is 10.5 Å². The number of hydrogen-bond donors (Lipinski definition) is 3. The Morgan fingerprint density at radius 2 is 1.96 bits per heavy atom. The van der Waals surface area contributed by atoms with Gasteiger partial charge in [0.05, 0.1) is 18.7 Å². The highest BCUT2D eigenvalue weighted by atomic mass is 16.5. The van der Waals surface area contributed by atoms with Crippen LogP contribution in [0.4, 0.5) is 0 Å². The Morgan fingerprint density at radius 3 is 2.71 bits per heavy atom. The molecule has 8 nitrogen and oxygen atoms in total. The van der Waals surface area contributed by atoms with E-state index in [-0.39, 0.29) is 5.56 Å². The lowest BCUT2D eigenvalue weighted by Crippen LogP contribution is -2.46. The van der Waals surface area contributed by atoms with Crippen LogP contribution in [0.2, 0.25) is 0 Å². The molecule has 2 heterocycles. The number of carbonyl (C=O) groups is 2. The molecular weight excluding hydrogens is 362 g/mol. The number of fused-ring (bicyclic) bond motifs is 1. The third-order valence-electron chi connectivity index (χ3n) is 5.08. The summed E-state index contributed by atoms with van der Waals surface area (Å²) in [5.41, 5.74) is 5.59. The van der Waals surface area contributed by atoms with Gasteiger partial charge in [-0.15, -0.1) is 0 Å². The summed E-state index contributed by atoms with van der Waals surface area (Å²) in [6.07, 6.45) is 5.05. The van der Waals surface area contributed by atoms with Gasteiger partial charge in [-0.05, 0) is 50.1 Å². The second-order valence-electron chi connectivity index (χ2n) is 7.01. The first-order valence-corrected chi connectivity index (χ1v) is 9.53. The highest BCUT2D eigenvalue weighted by molar-refractivity contribution is 5.94. The smallest absolute Gasteiger partial charge is 0.308 e. The predicted octanol–water partition coefficient (Wildman–Crippen LogP) is 1.40. The molecule has 0 radical (unpaired) electrons. The SMILES string of the molecule is NCCCOc1ccc2ccc(C(=O)NC3CCCC[C@@H]3C(=O)O)c(=O)n2c1. The van der Waals surface area contributed by atoms with E-state index in [0.29, 0.717) is 43.7 Å². The molecule has 150 valence electrons. The molecule has 3 rings (SSSR count). The molecular formula is C20H25N3O5. The summed E-state index contributed by atoms with van der Waals surface area (Å²) in [6.45, 7) is 0.950. The van der Waals surface area contributed by atoms with Gasteiger partial charge in [-0.3, -0.25) is 18.8 Å². The number of ether oxygens (including phenoxy) is 1. The van der Waals surface area contributed by atoms with Crippen molar-refractivity contribution in [2.24, 2.45) is 11.7 Å². The van der Waals surface area contributed by atoms with E-state index in [9.17, 15) is 19.5 Å². The average Bonchev–Trinajstić information content (AvgIpc) is 2.69. The Balaban J connectivity index is 1.83. The number of nitrogens with two attached hydrogens (primary N) is 1. The molecule has 1 aliphatic carbocycles. The Kier molecular flexibility index (Phi) is 6.30. The maximum atomic E-state index is 12.8.